The molecular formula is C50H100N8. The molecule has 8 aliphatic rings. The predicted molar refractivity (Wildman–Crippen MR) is 251 cm³/mol. The molecule has 8 aliphatic heterocycles. The van der Waals surface area contributed by atoms with Crippen molar-refractivity contribution in [3.63, 3.8) is 0 Å². The first-order chi connectivity index (χ1) is 26.5. The minimum absolute atomic E-state index is 0.328. The summed E-state index contributed by atoms with van der Waals surface area (Å²) in [5.41, 5.74) is 3.68. The average molecular weight is 813 g/mol. The number of piperidine rings is 3. The minimum atomic E-state index is 0.328. The average Bonchev–Trinajstić information content (AvgIpc) is 3.66. The number of nitrogens with one attached hydrogen (secondary N) is 1. The van der Waals surface area contributed by atoms with Gasteiger partial charge in [0.1, 0.15) is 0 Å². The molecule has 9 atom stereocenters. The van der Waals surface area contributed by atoms with E-state index in [-0.39, 0.29) is 0 Å². The van der Waals surface area contributed by atoms with Crippen LogP contribution in [0, 0.1) is 21.7 Å². The number of nitrogens with zero attached hydrogens (tertiary/aromatic N) is 7. The molecule has 0 saturated carbocycles. The van der Waals surface area contributed by atoms with Gasteiger partial charge in [-0.1, -0.05) is 27.7 Å². The van der Waals surface area contributed by atoms with Crippen molar-refractivity contribution in [1.29, 1.82) is 0 Å². The Kier molecular flexibility index (Phi) is 14.3. The van der Waals surface area contributed by atoms with Gasteiger partial charge in [0.25, 0.3) is 0 Å². The van der Waals surface area contributed by atoms with Gasteiger partial charge in [0.2, 0.25) is 0 Å². The van der Waals surface area contributed by atoms with E-state index in [0.29, 0.717) is 74.0 Å². The Bertz CT molecular complexity index is 1380. The molecular weight excluding hydrogens is 713 g/mol. The normalized spacial score (nSPS) is 45.2. The first kappa shape index (κ1) is 48.7. The molecule has 0 aromatic rings. The van der Waals surface area contributed by atoms with E-state index in [9.17, 15) is 0 Å². The van der Waals surface area contributed by atoms with Crippen molar-refractivity contribution >= 4 is 0 Å². The number of likely N-dealkylation sites (N-methyl/N-ethyl adjacent to an activating group) is 3. The van der Waals surface area contributed by atoms with E-state index >= 15 is 0 Å². The van der Waals surface area contributed by atoms with Crippen LogP contribution >= 0.6 is 0 Å². The number of likely N-dealkylation sites (tertiary alicyclic amines) is 7. The fourth-order valence-corrected chi connectivity index (χ4v) is 14.5. The van der Waals surface area contributed by atoms with E-state index in [1.54, 1.807) is 0 Å². The zero-order valence-corrected chi connectivity index (χ0v) is 42.5. The Morgan fingerprint density at radius 1 is 0.448 bits per heavy atom. The molecule has 0 bridgehead atoms. The topological polar surface area (TPSA) is 34.7 Å². The fraction of sp³-hybridized carbons (Fsp3) is 1.00. The molecule has 0 aromatic heterocycles. The van der Waals surface area contributed by atoms with Crippen LogP contribution in [0.2, 0.25) is 0 Å². The molecule has 8 heteroatoms. The number of hydrogen-bond donors (Lipinski definition) is 1. The van der Waals surface area contributed by atoms with Gasteiger partial charge in [-0.05, 0) is 192 Å². The van der Waals surface area contributed by atoms with Crippen molar-refractivity contribution < 1.29 is 0 Å². The van der Waals surface area contributed by atoms with Crippen molar-refractivity contribution in [2.45, 2.75) is 209 Å². The standard InChI is InChI=1S/3C13H26N2.C11H22N2/c1-11(2)15-9-7-12(3)6-8-14(5)13(12,4)10-15;1-10(2)15-7-6-12(4)8-11(3)14-13(12,5)9-15;1-11(2)15-8-6-7-12(3)9-14(5)10-13(12,15)4;1-9(2)13-7-10(3)6-12(5)8-11(10,13)4/h11H,6-10H2,1-5H3;10-11,14H,6-9H2,1-5H3;11H,6-10H2,1-5H3;9H,6-8H2,1-5H3/t12-,13+;11?,12-,13-;12-,13+;10-,11-/m1001/s1. The molecule has 8 rings (SSSR count). The number of hydrogen-bond acceptors (Lipinski definition) is 8. The van der Waals surface area contributed by atoms with Gasteiger partial charge in [-0.15, -0.1) is 0 Å². The van der Waals surface area contributed by atoms with Crippen LogP contribution in [0.4, 0.5) is 0 Å². The molecule has 0 aliphatic carbocycles. The zero-order valence-electron chi connectivity index (χ0n) is 42.5. The van der Waals surface area contributed by atoms with Gasteiger partial charge in [-0.2, -0.15) is 0 Å². The second-order valence-electron chi connectivity index (χ2n) is 24.9. The summed E-state index contributed by atoms with van der Waals surface area (Å²) in [7, 11) is 6.82. The molecule has 0 amide bonds. The van der Waals surface area contributed by atoms with Gasteiger partial charge in [0.05, 0.1) is 0 Å². The van der Waals surface area contributed by atoms with E-state index in [0.717, 1.165) is 0 Å². The van der Waals surface area contributed by atoms with Crippen LogP contribution in [0.3, 0.4) is 0 Å². The fourth-order valence-electron chi connectivity index (χ4n) is 14.5. The van der Waals surface area contributed by atoms with E-state index in [2.05, 4.69) is 178 Å². The maximum Gasteiger partial charge on any atom is 0.0389 e. The summed E-state index contributed by atoms with van der Waals surface area (Å²) in [6, 6.07) is 3.45. The lowest BCUT2D eigenvalue weighted by molar-refractivity contribution is -0.121. The molecule has 8 fully saturated rings. The molecule has 0 aromatic carbocycles. The van der Waals surface area contributed by atoms with Crippen LogP contribution in [-0.2, 0) is 0 Å². The molecule has 340 valence electrons. The highest BCUT2D eigenvalue weighted by molar-refractivity contribution is 5.19. The first-order valence-corrected chi connectivity index (χ1v) is 24.4. The van der Waals surface area contributed by atoms with E-state index in [1.807, 2.05) is 0 Å². The van der Waals surface area contributed by atoms with Crippen LogP contribution in [0.5, 0.6) is 0 Å². The van der Waals surface area contributed by atoms with Gasteiger partial charge < -0.3 is 15.1 Å². The Balaban J connectivity index is 0.000000147. The molecule has 0 spiro atoms. The van der Waals surface area contributed by atoms with Crippen LogP contribution < -0.4 is 5.32 Å². The summed E-state index contributed by atoms with van der Waals surface area (Å²) < 4.78 is 0. The van der Waals surface area contributed by atoms with Gasteiger partial charge in [0.15, 0.2) is 0 Å². The van der Waals surface area contributed by atoms with Crippen molar-refractivity contribution in [2.24, 2.45) is 21.7 Å². The Morgan fingerprint density at radius 3 is 1.45 bits per heavy atom. The summed E-state index contributed by atoms with van der Waals surface area (Å²) in [6.45, 7) is 54.5. The monoisotopic (exact) mass is 813 g/mol. The molecule has 8 saturated heterocycles. The van der Waals surface area contributed by atoms with Crippen LogP contribution in [0.25, 0.3) is 0 Å². The number of fused-ring (bicyclic) bond motifs is 4. The summed E-state index contributed by atoms with van der Waals surface area (Å²) in [5.74, 6) is 0. The Hall–Kier alpha value is -0.320. The third-order valence-electron chi connectivity index (χ3n) is 19.3. The maximum absolute atomic E-state index is 3.82. The highest BCUT2D eigenvalue weighted by atomic mass is 15.4. The van der Waals surface area contributed by atoms with Crippen molar-refractivity contribution in [3.8, 4) is 0 Å². The summed E-state index contributed by atoms with van der Waals surface area (Å²) in [4.78, 5) is 18.2. The second-order valence-corrected chi connectivity index (χ2v) is 24.9. The van der Waals surface area contributed by atoms with Gasteiger partial charge in [-0.3, -0.25) is 24.5 Å². The number of rotatable bonds is 4. The quantitative estimate of drug-likeness (QED) is 0.306. The molecule has 0 radical (unpaired) electrons. The lowest BCUT2D eigenvalue weighted by atomic mass is 9.65. The molecule has 8 nitrogen and oxygen atoms in total. The Morgan fingerprint density at radius 2 is 0.931 bits per heavy atom. The molecule has 8 heterocycles. The lowest BCUT2D eigenvalue weighted by Crippen LogP contribution is -2.73. The lowest BCUT2D eigenvalue weighted by Gasteiger charge is -2.62. The van der Waals surface area contributed by atoms with Crippen molar-refractivity contribution in [1.82, 2.24) is 39.6 Å². The summed E-state index contributed by atoms with van der Waals surface area (Å²) in [6.07, 6.45) is 8.21. The van der Waals surface area contributed by atoms with E-state index < -0.39 is 0 Å². The smallest absolute Gasteiger partial charge is 0.0389 e. The van der Waals surface area contributed by atoms with E-state index in [4.69, 9.17) is 0 Å². The van der Waals surface area contributed by atoms with Crippen LogP contribution in [0.15, 0.2) is 0 Å². The second kappa shape index (κ2) is 17.0. The van der Waals surface area contributed by atoms with Gasteiger partial charge in [-0.25, -0.2) is 0 Å². The zero-order chi connectivity index (χ0) is 43.7. The highest BCUT2D eigenvalue weighted by Gasteiger charge is 2.63. The molecule has 58 heavy (non-hydrogen) atoms. The van der Waals surface area contributed by atoms with Crippen molar-refractivity contribution in [2.75, 3.05) is 93.1 Å². The summed E-state index contributed by atoms with van der Waals surface area (Å²) in [5, 5.41) is 3.82. The largest absolute Gasteiger partial charge is 0.307 e. The molecule has 1 unspecified atom stereocenters. The first-order valence-electron chi connectivity index (χ1n) is 24.4. The predicted octanol–water partition coefficient (Wildman–Crippen LogP) is 8.07. The third kappa shape index (κ3) is 8.53. The summed E-state index contributed by atoms with van der Waals surface area (Å²) >= 11 is 0. The maximum atomic E-state index is 3.82. The van der Waals surface area contributed by atoms with Crippen LogP contribution in [0.1, 0.15) is 156 Å². The van der Waals surface area contributed by atoms with Gasteiger partial charge >= 0.3 is 0 Å². The SMILES string of the molecule is CC(C)N1CCC[C@@]2(C)CN(C)C[C@@]12C.CC(C)N1CC[C@@]2(C)CCN(C)[C@@]2(C)C1.CC(C)N1C[C@@]2(C)CN(C)C[C@@]12C.CC1C[C@]2(C)CCN(C(C)C)C[C@]2(C)N1. The third-order valence-corrected chi connectivity index (χ3v) is 19.3. The minimum Gasteiger partial charge on any atom is -0.307 e. The van der Waals surface area contributed by atoms with Gasteiger partial charge in [0, 0.05) is 104 Å². The molecule has 1 N–H and O–H groups in total. The van der Waals surface area contributed by atoms with Crippen molar-refractivity contribution in [3.05, 3.63) is 0 Å². The Labute approximate surface area is 361 Å². The van der Waals surface area contributed by atoms with E-state index in [1.165, 1.54) is 111 Å². The van der Waals surface area contributed by atoms with Crippen LogP contribution in [-0.4, -0.2) is 180 Å². The highest BCUT2D eigenvalue weighted by Crippen LogP contribution is 2.54.